The molecule has 1 fully saturated rings. The molecule has 3 rings (SSSR count). The lowest BCUT2D eigenvalue weighted by Crippen LogP contribution is -2.45. The number of hydrogen-bond donors (Lipinski definition) is 1. The maximum absolute atomic E-state index is 13.5. The normalized spacial score (nSPS) is 18.5. The third kappa shape index (κ3) is 3.83. The van der Waals surface area contributed by atoms with Crippen LogP contribution in [-0.4, -0.2) is 37.1 Å². The number of nitrogens with zero attached hydrogens (tertiary/aromatic N) is 1. The number of ether oxygens (including phenoxy) is 1. The average Bonchev–Trinajstić information content (AvgIpc) is 3.04. The van der Waals surface area contributed by atoms with Gasteiger partial charge in [0.1, 0.15) is 11.6 Å². The number of hydrogen-bond acceptors (Lipinski definition) is 5. The summed E-state index contributed by atoms with van der Waals surface area (Å²) in [5, 5.41) is 3.34. The highest BCUT2D eigenvalue weighted by Gasteiger charge is 2.25. The highest BCUT2D eigenvalue weighted by atomic mass is 19.1. The molecule has 0 radical (unpaired) electrons. The number of carbonyl (C=O) groups is 1. The smallest absolute Gasteiger partial charge is 0.374 e. The number of furan rings is 1. The second kappa shape index (κ2) is 7.59. The fourth-order valence-corrected chi connectivity index (χ4v) is 2.95. The number of halogens is 1. The predicted molar refractivity (Wildman–Crippen MR) is 87.1 cm³/mol. The molecule has 1 N–H and O–H groups in total. The van der Waals surface area contributed by atoms with Crippen molar-refractivity contribution in [3.05, 3.63) is 59.3 Å². The van der Waals surface area contributed by atoms with Crippen LogP contribution < -0.4 is 5.32 Å². The fourth-order valence-electron chi connectivity index (χ4n) is 2.95. The predicted octanol–water partition coefficient (Wildman–Crippen LogP) is 2.74. The van der Waals surface area contributed by atoms with Gasteiger partial charge in [-0.05, 0) is 36.8 Å². The summed E-state index contributed by atoms with van der Waals surface area (Å²) < 4.78 is 24.1. The first kappa shape index (κ1) is 16.7. The van der Waals surface area contributed by atoms with Gasteiger partial charge in [-0.2, -0.15) is 0 Å². The van der Waals surface area contributed by atoms with Crippen molar-refractivity contribution in [2.45, 2.75) is 19.5 Å². The van der Waals surface area contributed by atoms with E-state index in [0.29, 0.717) is 18.9 Å². The molecule has 1 unspecified atom stereocenters. The topological polar surface area (TPSA) is 54.7 Å². The Labute approximate surface area is 140 Å². The third-order valence-electron chi connectivity index (χ3n) is 4.08. The summed E-state index contributed by atoms with van der Waals surface area (Å²) in [7, 11) is 0. The van der Waals surface area contributed by atoms with Gasteiger partial charge in [-0.25, -0.2) is 9.18 Å². The van der Waals surface area contributed by atoms with Gasteiger partial charge in [0.25, 0.3) is 0 Å². The average molecular weight is 332 g/mol. The van der Waals surface area contributed by atoms with Crippen LogP contribution in [0.2, 0.25) is 0 Å². The fraction of sp³-hybridized carbons (Fsp3) is 0.389. The second-order valence-electron chi connectivity index (χ2n) is 5.73. The molecular weight excluding hydrogens is 311 g/mol. The Bertz CT molecular complexity index is 701. The van der Waals surface area contributed by atoms with Crippen molar-refractivity contribution in [2.75, 3.05) is 26.2 Å². The number of piperazine rings is 1. The van der Waals surface area contributed by atoms with E-state index in [1.807, 2.05) is 6.07 Å². The quantitative estimate of drug-likeness (QED) is 0.853. The first-order valence-electron chi connectivity index (χ1n) is 8.13. The molecule has 1 aromatic heterocycles. The summed E-state index contributed by atoms with van der Waals surface area (Å²) in [5.74, 6) is 0.219. The molecule has 1 saturated heterocycles. The highest BCUT2D eigenvalue weighted by molar-refractivity contribution is 5.86. The van der Waals surface area contributed by atoms with E-state index in [2.05, 4.69) is 10.2 Å². The Hall–Kier alpha value is -2.18. The van der Waals surface area contributed by atoms with E-state index in [1.165, 1.54) is 6.07 Å². The van der Waals surface area contributed by atoms with Crippen molar-refractivity contribution in [1.29, 1.82) is 0 Å². The van der Waals surface area contributed by atoms with Gasteiger partial charge in [0.2, 0.25) is 5.76 Å². The molecule has 2 aromatic rings. The molecule has 0 aliphatic carbocycles. The molecule has 5 nitrogen and oxygen atoms in total. The maximum atomic E-state index is 13.5. The summed E-state index contributed by atoms with van der Waals surface area (Å²) in [5.41, 5.74) is 0.930. The van der Waals surface area contributed by atoms with Gasteiger partial charge in [0, 0.05) is 25.7 Å². The molecule has 128 valence electrons. The first-order chi connectivity index (χ1) is 11.7. The lowest BCUT2D eigenvalue weighted by atomic mass is 10.0. The zero-order chi connectivity index (χ0) is 16.9. The molecule has 1 aliphatic rings. The summed E-state index contributed by atoms with van der Waals surface area (Å²) in [6.07, 6.45) is 0. The van der Waals surface area contributed by atoms with E-state index in [4.69, 9.17) is 9.15 Å². The second-order valence-corrected chi connectivity index (χ2v) is 5.73. The van der Waals surface area contributed by atoms with Crippen LogP contribution in [0.4, 0.5) is 4.39 Å². The van der Waals surface area contributed by atoms with Gasteiger partial charge in [-0.1, -0.05) is 12.1 Å². The van der Waals surface area contributed by atoms with Crippen LogP contribution in [0.3, 0.4) is 0 Å². The first-order valence-corrected chi connectivity index (χ1v) is 8.13. The van der Waals surface area contributed by atoms with Gasteiger partial charge in [0.05, 0.1) is 13.2 Å². The van der Waals surface area contributed by atoms with Crippen LogP contribution in [0, 0.1) is 5.82 Å². The minimum Gasteiger partial charge on any atom is -0.460 e. The SMILES string of the molecule is CCOC(=O)c1ccc(CN2CCNCC2c2cccc(F)c2)o1. The molecule has 1 aromatic carbocycles. The number of esters is 1. The molecule has 1 atom stereocenters. The molecule has 0 bridgehead atoms. The van der Waals surface area contributed by atoms with Crippen molar-refractivity contribution in [1.82, 2.24) is 10.2 Å². The maximum Gasteiger partial charge on any atom is 0.374 e. The van der Waals surface area contributed by atoms with E-state index in [1.54, 1.807) is 31.2 Å². The molecule has 2 heterocycles. The van der Waals surface area contributed by atoms with Gasteiger partial charge >= 0.3 is 5.97 Å². The van der Waals surface area contributed by atoms with Crippen LogP contribution in [-0.2, 0) is 11.3 Å². The molecule has 6 heteroatoms. The Morgan fingerprint density at radius 3 is 3.08 bits per heavy atom. The van der Waals surface area contributed by atoms with Crippen molar-refractivity contribution in [3.8, 4) is 0 Å². The minimum absolute atomic E-state index is 0.0607. The van der Waals surface area contributed by atoms with Crippen LogP contribution in [0.25, 0.3) is 0 Å². The lowest BCUT2D eigenvalue weighted by Gasteiger charge is -2.36. The van der Waals surface area contributed by atoms with Gasteiger partial charge in [-0.15, -0.1) is 0 Å². The van der Waals surface area contributed by atoms with Crippen LogP contribution in [0.5, 0.6) is 0 Å². The van der Waals surface area contributed by atoms with Crippen LogP contribution in [0.15, 0.2) is 40.8 Å². The van der Waals surface area contributed by atoms with Crippen molar-refractivity contribution in [3.63, 3.8) is 0 Å². The Kier molecular flexibility index (Phi) is 5.27. The lowest BCUT2D eigenvalue weighted by molar-refractivity contribution is 0.0484. The van der Waals surface area contributed by atoms with Crippen LogP contribution >= 0.6 is 0 Å². The number of rotatable bonds is 5. The van der Waals surface area contributed by atoms with Crippen molar-refractivity contribution < 1.29 is 18.3 Å². The van der Waals surface area contributed by atoms with E-state index in [0.717, 1.165) is 25.2 Å². The summed E-state index contributed by atoms with van der Waals surface area (Å²) in [6, 6.07) is 10.1. The number of carbonyl (C=O) groups excluding carboxylic acids is 1. The third-order valence-corrected chi connectivity index (χ3v) is 4.08. The molecule has 0 spiro atoms. The standard InChI is InChI=1S/C18H21FN2O3/c1-2-23-18(22)17-7-6-15(24-17)12-21-9-8-20-11-16(21)13-4-3-5-14(19)10-13/h3-7,10,16,20H,2,8-9,11-12H2,1H3. The van der Waals surface area contributed by atoms with E-state index in [-0.39, 0.29) is 17.6 Å². The summed E-state index contributed by atoms with van der Waals surface area (Å²) in [4.78, 5) is 13.9. The van der Waals surface area contributed by atoms with Gasteiger partial charge in [0.15, 0.2) is 0 Å². The zero-order valence-corrected chi connectivity index (χ0v) is 13.6. The highest BCUT2D eigenvalue weighted by Crippen LogP contribution is 2.25. The molecular formula is C18H21FN2O3. The molecule has 0 saturated carbocycles. The van der Waals surface area contributed by atoms with E-state index in [9.17, 15) is 9.18 Å². The minimum atomic E-state index is -0.453. The summed E-state index contributed by atoms with van der Waals surface area (Å²) >= 11 is 0. The molecule has 1 aliphatic heterocycles. The zero-order valence-electron chi connectivity index (χ0n) is 13.6. The van der Waals surface area contributed by atoms with Crippen molar-refractivity contribution >= 4 is 5.97 Å². The summed E-state index contributed by atoms with van der Waals surface area (Å²) in [6.45, 7) is 5.05. The number of nitrogens with one attached hydrogen (secondary N) is 1. The Morgan fingerprint density at radius 1 is 1.42 bits per heavy atom. The van der Waals surface area contributed by atoms with E-state index >= 15 is 0 Å². The number of benzene rings is 1. The monoisotopic (exact) mass is 332 g/mol. The van der Waals surface area contributed by atoms with Crippen LogP contribution in [0.1, 0.15) is 34.8 Å². The van der Waals surface area contributed by atoms with E-state index < -0.39 is 5.97 Å². The van der Waals surface area contributed by atoms with Gasteiger partial charge < -0.3 is 14.5 Å². The van der Waals surface area contributed by atoms with Crippen molar-refractivity contribution in [2.24, 2.45) is 0 Å². The Balaban J connectivity index is 1.73. The molecule has 0 amide bonds. The van der Waals surface area contributed by atoms with Gasteiger partial charge in [-0.3, -0.25) is 4.90 Å². The molecule has 24 heavy (non-hydrogen) atoms. The largest absolute Gasteiger partial charge is 0.460 e. The Morgan fingerprint density at radius 2 is 2.29 bits per heavy atom.